The summed E-state index contributed by atoms with van der Waals surface area (Å²) >= 11 is 0. The average molecular weight is 252 g/mol. The molecule has 98 valence electrons. The number of amides is 1. The maximum Gasteiger partial charge on any atom is 0.337 e. The van der Waals surface area contributed by atoms with Crippen molar-refractivity contribution in [2.45, 2.75) is 20.4 Å². The lowest BCUT2D eigenvalue weighted by Crippen LogP contribution is -2.40. The van der Waals surface area contributed by atoms with Crippen LogP contribution in [0.25, 0.3) is 0 Å². The number of carboxylic acids is 1. The van der Waals surface area contributed by atoms with Crippen molar-refractivity contribution in [3.8, 4) is 0 Å². The number of aromatic carboxylic acids is 1. The van der Waals surface area contributed by atoms with Gasteiger partial charge in [-0.3, -0.25) is 9.59 Å². The van der Waals surface area contributed by atoms with Gasteiger partial charge < -0.3 is 15.0 Å². The molecule has 6 heteroatoms. The molecular formula is C12H16N2O4. The van der Waals surface area contributed by atoms with Gasteiger partial charge in [-0.2, -0.15) is 0 Å². The average Bonchev–Trinajstić information content (AvgIpc) is 2.30. The van der Waals surface area contributed by atoms with Crippen LogP contribution in [0, 0.1) is 5.41 Å². The minimum absolute atomic E-state index is 0.0160. The monoisotopic (exact) mass is 252 g/mol. The molecule has 0 spiro atoms. The molecule has 0 saturated heterocycles. The lowest BCUT2D eigenvalue weighted by molar-refractivity contribution is -0.129. The normalized spacial score (nSPS) is 11.1. The molecule has 1 aromatic heterocycles. The number of nitrogens with one attached hydrogen (secondary N) is 1. The van der Waals surface area contributed by atoms with Crippen LogP contribution in [-0.2, 0) is 11.3 Å². The molecule has 0 fully saturated rings. The van der Waals surface area contributed by atoms with Gasteiger partial charge in [0.25, 0.3) is 5.56 Å². The smallest absolute Gasteiger partial charge is 0.337 e. The molecule has 0 radical (unpaired) electrons. The third-order valence-corrected chi connectivity index (χ3v) is 2.64. The molecule has 0 bridgehead atoms. The number of pyridine rings is 1. The summed E-state index contributed by atoms with van der Waals surface area (Å²) in [5.74, 6) is -1.32. The summed E-state index contributed by atoms with van der Waals surface area (Å²) in [4.78, 5) is 34.1. The molecule has 0 saturated carbocycles. The quantitative estimate of drug-likeness (QED) is 0.807. The first-order valence-electron chi connectivity index (χ1n) is 5.44. The SMILES string of the molecule is CNC(=O)C(C)(C)Cn1cc(C(=O)O)ccc1=O. The van der Waals surface area contributed by atoms with E-state index < -0.39 is 11.4 Å². The van der Waals surface area contributed by atoms with E-state index >= 15 is 0 Å². The maximum absolute atomic E-state index is 11.6. The topological polar surface area (TPSA) is 88.4 Å². The van der Waals surface area contributed by atoms with E-state index in [4.69, 9.17) is 5.11 Å². The molecular weight excluding hydrogens is 236 g/mol. The fourth-order valence-corrected chi connectivity index (χ4v) is 1.62. The first-order valence-corrected chi connectivity index (χ1v) is 5.44. The van der Waals surface area contributed by atoms with Crippen LogP contribution >= 0.6 is 0 Å². The molecule has 1 aromatic rings. The molecule has 1 heterocycles. The second-order valence-electron chi connectivity index (χ2n) is 4.65. The fraction of sp³-hybridized carbons (Fsp3) is 0.417. The summed E-state index contributed by atoms with van der Waals surface area (Å²) in [5, 5.41) is 11.4. The minimum atomic E-state index is -1.11. The number of hydrogen-bond donors (Lipinski definition) is 2. The lowest BCUT2D eigenvalue weighted by atomic mass is 9.92. The Bertz CT molecular complexity index is 531. The van der Waals surface area contributed by atoms with Gasteiger partial charge in [-0.05, 0) is 19.9 Å². The van der Waals surface area contributed by atoms with E-state index in [1.165, 1.54) is 29.9 Å². The van der Waals surface area contributed by atoms with Crippen molar-refractivity contribution in [2.24, 2.45) is 5.41 Å². The Morgan fingerprint density at radius 1 is 1.39 bits per heavy atom. The number of carbonyl (C=O) groups excluding carboxylic acids is 1. The zero-order chi connectivity index (χ0) is 13.9. The van der Waals surface area contributed by atoms with Gasteiger partial charge in [0, 0.05) is 25.9 Å². The van der Waals surface area contributed by atoms with Crippen LogP contribution in [0.5, 0.6) is 0 Å². The Morgan fingerprint density at radius 3 is 2.50 bits per heavy atom. The fourth-order valence-electron chi connectivity index (χ4n) is 1.62. The van der Waals surface area contributed by atoms with Crippen LogP contribution < -0.4 is 10.9 Å². The van der Waals surface area contributed by atoms with Gasteiger partial charge in [-0.1, -0.05) is 0 Å². The van der Waals surface area contributed by atoms with Gasteiger partial charge in [-0.25, -0.2) is 4.79 Å². The van der Waals surface area contributed by atoms with E-state index in [-0.39, 0.29) is 23.6 Å². The lowest BCUT2D eigenvalue weighted by Gasteiger charge is -2.23. The van der Waals surface area contributed by atoms with Gasteiger partial charge in [0.15, 0.2) is 0 Å². The third-order valence-electron chi connectivity index (χ3n) is 2.64. The summed E-state index contributed by atoms with van der Waals surface area (Å²) in [5.41, 5.74) is -1.12. The molecule has 18 heavy (non-hydrogen) atoms. The summed E-state index contributed by atoms with van der Waals surface area (Å²) < 4.78 is 1.23. The first kappa shape index (κ1) is 14.0. The van der Waals surface area contributed by atoms with Gasteiger partial charge >= 0.3 is 5.97 Å². The molecule has 1 amide bonds. The molecule has 0 aromatic carbocycles. The number of hydrogen-bond acceptors (Lipinski definition) is 3. The van der Waals surface area contributed by atoms with Crippen LogP contribution in [0.2, 0.25) is 0 Å². The minimum Gasteiger partial charge on any atom is -0.478 e. The molecule has 1 rings (SSSR count). The van der Waals surface area contributed by atoms with Crippen molar-refractivity contribution in [2.75, 3.05) is 7.05 Å². The number of rotatable bonds is 4. The number of carbonyl (C=O) groups is 2. The molecule has 6 nitrogen and oxygen atoms in total. The second kappa shape index (κ2) is 5.03. The predicted molar refractivity (Wildman–Crippen MR) is 65.5 cm³/mol. The van der Waals surface area contributed by atoms with Crippen molar-refractivity contribution in [3.63, 3.8) is 0 Å². The summed E-state index contributed by atoms with van der Waals surface area (Å²) in [6.45, 7) is 3.49. The van der Waals surface area contributed by atoms with Gasteiger partial charge in [0.1, 0.15) is 0 Å². The van der Waals surface area contributed by atoms with Crippen LogP contribution in [0.15, 0.2) is 23.1 Å². The first-order chi connectivity index (χ1) is 8.27. The molecule has 0 aliphatic carbocycles. The largest absolute Gasteiger partial charge is 0.478 e. The van der Waals surface area contributed by atoms with Crippen LogP contribution in [0.3, 0.4) is 0 Å². The molecule has 0 atom stereocenters. The summed E-state index contributed by atoms with van der Waals surface area (Å²) in [6.07, 6.45) is 1.25. The molecule has 0 aliphatic rings. The highest BCUT2D eigenvalue weighted by molar-refractivity contribution is 5.87. The summed E-state index contributed by atoms with van der Waals surface area (Å²) in [7, 11) is 1.51. The molecule has 2 N–H and O–H groups in total. The van der Waals surface area contributed by atoms with Gasteiger partial charge in [-0.15, -0.1) is 0 Å². The standard InChI is InChI=1S/C12H16N2O4/c1-12(2,11(18)13-3)7-14-6-8(10(16)17)4-5-9(14)15/h4-6H,7H2,1-3H3,(H,13,18)(H,16,17). The van der Waals surface area contributed by atoms with E-state index in [9.17, 15) is 14.4 Å². The Balaban J connectivity index is 3.11. The van der Waals surface area contributed by atoms with E-state index in [1.807, 2.05) is 0 Å². The molecule has 0 unspecified atom stereocenters. The maximum atomic E-state index is 11.6. The highest BCUT2D eigenvalue weighted by Gasteiger charge is 2.27. The third kappa shape index (κ3) is 2.97. The van der Waals surface area contributed by atoms with Crippen molar-refractivity contribution in [3.05, 3.63) is 34.2 Å². The van der Waals surface area contributed by atoms with E-state index in [0.29, 0.717) is 0 Å². The van der Waals surface area contributed by atoms with Crippen LogP contribution in [-0.4, -0.2) is 28.6 Å². The van der Waals surface area contributed by atoms with E-state index in [1.54, 1.807) is 13.8 Å². The second-order valence-corrected chi connectivity index (χ2v) is 4.65. The Labute approximate surface area is 104 Å². The van der Waals surface area contributed by atoms with Crippen LogP contribution in [0.4, 0.5) is 0 Å². The van der Waals surface area contributed by atoms with Crippen molar-refractivity contribution in [1.29, 1.82) is 0 Å². The Hall–Kier alpha value is -2.11. The highest BCUT2D eigenvalue weighted by atomic mass is 16.4. The van der Waals surface area contributed by atoms with Crippen molar-refractivity contribution >= 4 is 11.9 Å². The Kier molecular flexibility index (Phi) is 3.90. The number of nitrogens with zero attached hydrogens (tertiary/aromatic N) is 1. The van der Waals surface area contributed by atoms with Gasteiger partial charge in [0.2, 0.25) is 5.91 Å². The zero-order valence-electron chi connectivity index (χ0n) is 10.6. The Morgan fingerprint density at radius 2 is 2.00 bits per heavy atom. The number of aromatic nitrogens is 1. The van der Waals surface area contributed by atoms with E-state index in [0.717, 1.165) is 0 Å². The van der Waals surface area contributed by atoms with Crippen molar-refractivity contribution in [1.82, 2.24) is 9.88 Å². The molecule has 0 aliphatic heterocycles. The van der Waals surface area contributed by atoms with Crippen molar-refractivity contribution < 1.29 is 14.7 Å². The number of carboxylic acid groups (broad SMARTS) is 1. The summed E-state index contributed by atoms with van der Waals surface area (Å²) in [6, 6.07) is 2.43. The van der Waals surface area contributed by atoms with E-state index in [2.05, 4.69) is 5.32 Å². The van der Waals surface area contributed by atoms with Gasteiger partial charge in [0.05, 0.1) is 11.0 Å². The highest BCUT2D eigenvalue weighted by Crippen LogP contribution is 2.17. The van der Waals surface area contributed by atoms with Crippen LogP contribution in [0.1, 0.15) is 24.2 Å². The zero-order valence-corrected chi connectivity index (χ0v) is 10.6. The predicted octanol–water partition coefficient (Wildman–Crippen LogP) is 0.319.